The Labute approximate surface area is 118 Å². The Morgan fingerprint density at radius 1 is 1.00 bits per heavy atom. The summed E-state index contributed by atoms with van der Waals surface area (Å²) in [5.41, 5.74) is 1.88. The van der Waals surface area contributed by atoms with Gasteiger partial charge in [-0.25, -0.2) is 0 Å². The van der Waals surface area contributed by atoms with Crippen LogP contribution in [-0.4, -0.2) is 10.8 Å². The van der Waals surface area contributed by atoms with Crippen LogP contribution in [0.3, 0.4) is 0 Å². The van der Waals surface area contributed by atoms with Gasteiger partial charge in [0.2, 0.25) is 0 Å². The molecule has 0 aliphatic rings. The molecule has 0 aliphatic carbocycles. The third-order valence-corrected chi connectivity index (χ3v) is 3.74. The molecule has 0 spiro atoms. The highest BCUT2D eigenvalue weighted by Gasteiger charge is 2.08. The number of hydrogen-bond acceptors (Lipinski definition) is 1. The lowest BCUT2D eigenvalue weighted by Gasteiger charge is -2.02. The predicted molar refractivity (Wildman–Crippen MR) is 81.7 cm³/mol. The molecule has 2 nitrogen and oxygen atoms in total. The smallest absolute Gasteiger partial charge is 0.179 e. The monoisotopic (exact) mass is 263 g/mol. The van der Waals surface area contributed by atoms with Crippen molar-refractivity contribution in [1.82, 2.24) is 4.98 Å². The van der Waals surface area contributed by atoms with Crippen LogP contribution in [0.1, 0.15) is 87.2 Å². The molecule has 0 aliphatic heterocycles. The van der Waals surface area contributed by atoms with E-state index in [0.717, 1.165) is 17.7 Å². The van der Waals surface area contributed by atoms with Crippen molar-refractivity contribution in [1.29, 1.82) is 0 Å². The topological polar surface area (TPSA) is 32.9 Å². The number of carbonyl (C=O) groups excluding carboxylic acids is 1. The number of aromatic nitrogens is 1. The predicted octanol–water partition coefficient (Wildman–Crippen LogP) is 5.43. The summed E-state index contributed by atoms with van der Waals surface area (Å²) in [6.45, 7) is 4.24. The van der Waals surface area contributed by atoms with Gasteiger partial charge in [0.05, 0.1) is 5.69 Å². The van der Waals surface area contributed by atoms with Gasteiger partial charge in [0.1, 0.15) is 0 Å². The average molecular weight is 263 g/mol. The minimum absolute atomic E-state index is 0.269. The average Bonchev–Trinajstić information content (AvgIpc) is 2.83. The van der Waals surface area contributed by atoms with Gasteiger partial charge < -0.3 is 4.98 Å². The molecule has 0 amide bonds. The van der Waals surface area contributed by atoms with Crippen LogP contribution in [0.15, 0.2) is 12.3 Å². The molecule has 1 rings (SSSR count). The molecule has 0 saturated heterocycles. The molecule has 0 bridgehead atoms. The zero-order valence-electron chi connectivity index (χ0n) is 12.6. The van der Waals surface area contributed by atoms with Crippen LogP contribution in [0.5, 0.6) is 0 Å². The van der Waals surface area contributed by atoms with Gasteiger partial charge in [0.25, 0.3) is 0 Å². The van der Waals surface area contributed by atoms with E-state index in [4.69, 9.17) is 0 Å². The first-order chi connectivity index (χ1) is 9.25. The minimum atomic E-state index is 0.269. The van der Waals surface area contributed by atoms with Crippen molar-refractivity contribution >= 4 is 5.78 Å². The van der Waals surface area contributed by atoms with Gasteiger partial charge in [0.15, 0.2) is 5.78 Å². The highest BCUT2D eigenvalue weighted by molar-refractivity contribution is 5.95. The van der Waals surface area contributed by atoms with E-state index in [-0.39, 0.29) is 5.78 Å². The number of unbranched alkanes of at least 4 members (excludes halogenated alkanes) is 8. The second-order valence-electron chi connectivity index (χ2n) is 5.54. The molecular formula is C17H29NO. The molecule has 0 radical (unpaired) electrons. The summed E-state index contributed by atoms with van der Waals surface area (Å²) in [4.78, 5) is 14.9. The van der Waals surface area contributed by atoms with Crippen LogP contribution in [0, 0.1) is 6.92 Å². The molecule has 1 heterocycles. The Kier molecular flexibility index (Phi) is 8.28. The number of rotatable bonds is 11. The SMILES string of the molecule is CCCCCCCCCCCC(=O)c1[nH]ccc1C. The van der Waals surface area contributed by atoms with Gasteiger partial charge in [-0.1, -0.05) is 58.3 Å². The lowest BCUT2D eigenvalue weighted by molar-refractivity contribution is 0.0974. The summed E-state index contributed by atoms with van der Waals surface area (Å²) in [7, 11) is 0. The van der Waals surface area contributed by atoms with Crippen LogP contribution in [0.4, 0.5) is 0 Å². The maximum Gasteiger partial charge on any atom is 0.179 e. The maximum absolute atomic E-state index is 11.9. The zero-order valence-corrected chi connectivity index (χ0v) is 12.6. The number of ketones is 1. The van der Waals surface area contributed by atoms with Crippen molar-refractivity contribution in [3.05, 3.63) is 23.5 Å². The first-order valence-electron chi connectivity index (χ1n) is 7.93. The maximum atomic E-state index is 11.9. The molecule has 19 heavy (non-hydrogen) atoms. The molecule has 1 N–H and O–H groups in total. The summed E-state index contributed by atoms with van der Waals surface area (Å²) in [6.07, 6.45) is 14.2. The molecular weight excluding hydrogens is 234 g/mol. The van der Waals surface area contributed by atoms with Crippen LogP contribution in [0.25, 0.3) is 0 Å². The summed E-state index contributed by atoms with van der Waals surface area (Å²) in [5.74, 6) is 0.269. The molecule has 0 fully saturated rings. The molecule has 2 heteroatoms. The number of hydrogen-bond donors (Lipinski definition) is 1. The fourth-order valence-corrected chi connectivity index (χ4v) is 2.47. The molecule has 0 aromatic carbocycles. The fourth-order valence-electron chi connectivity index (χ4n) is 2.47. The van der Waals surface area contributed by atoms with E-state index in [9.17, 15) is 4.79 Å². The first-order valence-corrected chi connectivity index (χ1v) is 7.93. The van der Waals surface area contributed by atoms with Crippen LogP contribution in [0.2, 0.25) is 0 Å². The third-order valence-electron chi connectivity index (χ3n) is 3.74. The van der Waals surface area contributed by atoms with E-state index < -0.39 is 0 Å². The highest BCUT2D eigenvalue weighted by atomic mass is 16.1. The number of carbonyl (C=O) groups is 1. The summed E-state index contributed by atoms with van der Waals surface area (Å²) in [5, 5.41) is 0. The van der Waals surface area contributed by atoms with Gasteiger partial charge in [-0.15, -0.1) is 0 Å². The number of aryl methyl sites for hydroxylation is 1. The molecule has 108 valence electrons. The van der Waals surface area contributed by atoms with E-state index in [1.165, 1.54) is 51.4 Å². The molecule has 0 unspecified atom stereocenters. The molecule has 0 atom stereocenters. The third kappa shape index (κ3) is 6.60. The fraction of sp³-hybridized carbons (Fsp3) is 0.706. The number of H-pyrrole nitrogens is 1. The Balaban J connectivity index is 1.96. The molecule has 0 saturated carbocycles. The van der Waals surface area contributed by atoms with Crippen molar-refractivity contribution in [2.75, 3.05) is 0 Å². The van der Waals surface area contributed by atoms with E-state index >= 15 is 0 Å². The van der Waals surface area contributed by atoms with Crippen LogP contribution in [-0.2, 0) is 0 Å². The quantitative estimate of drug-likeness (QED) is 0.419. The van der Waals surface area contributed by atoms with Gasteiger partial charge >= 0.3 is 0 Å². The van der Waals surface area contributed by atoms with E-state index in [0.29, 0.717) is 6.42 Å². The van der Waals surface area contributed by atoms with Crippen molar-refractivity contribution in [2.24, 2.45) is 0 Å². The van der Waals surface area contributed by atoms with Crippen molar-refractivity contribution in [3.63, 3.8) is 0 Å². The van der Waals surface area contributed by atoms with Gasteiger partial charge in [0, 0.05) is 12.6 Å². The molecule has 1 aromatic heterocycles. The van der Waals surface area contributed by atoms with Crippen molar-refractivity contribution in [3.8, 4) is 0 Å². The Hall–Kier alpha value is -1.05. The summed E-state index contributed by atoms with van der Waals surface area (Å²) >= 11 is 0. The largest absolute Gasteiger partial charge is 0.359 e. The first kappa shape index (κ1) is 16.0. The summed E-state index contributed by atoms with van der Waals surface area (Å²) in [6, 6.07) is 1.96. The second kappa shape index (κ2) is 9.82. The van der Waals surface area contributed by atoms with E-state index in [1.807, 2.05) is 19.2 Å². The van der Waals surface area contributed by atoms with Crippen LogP contribution < -0.4 is 0 Å². The van der Waals surface area contributed by atoms with Gasteiger partial charge in [-0.05, 0) is 25.0 Å². The van der Waals surface area contributed by atoms with E-state index in [2.05, 4.69) is 11.9 Å². The Morgan fingerprint density at radius 3 is 2.11 bits per heavy atom. The Bertz CT molecular complexity index is 354. The lowest BCUT2D eigenvalue weighted by atomic mass is 10.0. The zero-order chi connectivity index (χ0) is 13.9. The van der Waals surface area contributed by atoms with Crippen molar-refractivity contribution in [2.45, 2.75) is 78.1 Å². The Morgan fingerprint density at radius 2 is 1.58 bits per heavy atom. The second-order valence-corrected chi connectivity index (χ2v) is 5.54. The normalized spacial score (nSPS) is 10.8. The van der Waals surface area contributed by atoms with Crippen LogP contribution >= 0.6 is 0 Å². The standard InChI is InChI=1S/C17H29NO/c1-3-4-5-6-7-8-9-10-11-12-16(19)17-15(2)13-14-18-17/h13-14,18H,3-12H2,1-2H3. The lowest BCUT2D eigenvalue weighted by Crippen LogP contribution is -2.01. The number of aromatic amines is 1. The summed E-state index contributed by atoms with van der Waals surface area (Å²) < 4.78 is 0. The highest BCUT2D eigenvalue weighted by Crippen LogP contribution is 2.13. The van der Waals surface area contributed by atoms with E-state index in [1.54, 1.807) is 0 Å². The minimum Gasteiger partial charge on any atom is -0.359 e. The number of Topliss-reactive ketones (excluding diaryl/α,β-unsaturated/α-hetero) is 1. The molecule has 1 aromatic rings. The van der Waals surface area contributed by atoms with Gasteiger partial charge in [-0.2, -0.15) is 0 Å². The van der Waals surface area contributed by atoms with Crippen molar-refractivity contribution < 1.29 is 4.79 Å². The van der Waals surface area contributed by atoms with Gasteiger partial charge in [-0.3, -0.25) is 4.79 Å². The number of nitrogens with one attached hydrogen (secondary N) is 1.